The largest absolute Gasteiger partial charge is 0.399 e. The van der Waals surface area contributed by atoms with Gasteiger partial charge in [0.15, 0.2) is 5.82 Å². The highest BCUT2D eigenvalue weighted by Crippen LogP contribution is 2.25. The maximum Gasteiger partial charge on any atom is 0.187 e. The Bertz CT molecular complexity index is 798. The van der Waals surface area contributed by atoms with Gasteiger partial charge in [0.25, 0.3) is 0 Å². The monoisotopic (exact) mass is 307 g/mol. The first-order valence-corrected chi connectivity index (χ1v) is 6.22. The number of nitrogen functional groups attached to an aromatic ring is 1. The van der Waals surface area contributed by atoms with Gasteiger partial charge in [0.05, 0.1) is 10.7 Å². The fraction of sp³-hybridized carbons (Fsp3) is 0. The van der Waals surface area contributed by atoms with E-state index in [0.29, 0.717) is 11.3 Å². The molecule has 0 radical (unpaired) electrons. The summed E-state index contributed by atoms with van der Waals surface area (Å²) < 4.78 is 28.0. The van der Waals surface area contributed by atoms with E-state index in [1.165, 1.54) is 41.1 Å². The summed E-state index contributed by atoms with van der Waals surface area (Å²) in [6.07, 6.45) is 0. The Hall–Kier alpha value is -2.54. The van der Waals surface area contributed by atoms with Gasteiger partial charge in [0, 0.05) is 11.3 Å². The lowest BCUT2D eigenvalue weighted by atomic mass is 10.2. The highest BCUT2D eigenvalue weighted by molar-refractivity contribution is 6.30. The zero-order valence-corrected chi connectivity index (χ0v) is 11.2. The van der Waals surface area contributed by atoms with Crippen LogP contribution in [0.4, 0.5) is 14.5 Å². The molecule has 1 heterocycles. The van der Waals surface area contributed by atoms with Crippen LogP contribution < -0.4 is 5.73 Å². The number of nitrogens with two attached hydrogens (primary N) is 1. The smallest absolute Gasteiger partial charge is 0.187 e. The van der Waals surface area contributed by atoms with E-state index in [1.807, 2.05) is 0 Å². The van der Waals surface area contributed by atoms with Gasteiger partial charge in [0.1, 0.15) is 11.6 Å². The summed E-state index contributed by atoms with van der Waals surface area (Å²) in [6, 6.07) is 8.01. The lowest BCUT2D eigenvalue weighted by molar-refractivity contribution is 0.627. The third kappa shape index (κ3) is 2.55. The molecule has 5 nitrogen and oxygen atoms in total. The Balaban J connectivity index is 2.14. The van der Waals surface area contributed by atoms with Crippen molar-refractivity contribution in [2.75, 3.05) is 5.73 Å². The molecule has 106 valence electrons. The Morgan fingerprint density at radius 1 is 1.10 bits per heavy atom. The van der Waals surface area contributed by atoms with E-state index in [-0.39, 0.29) is 16.5 Å². The van der Waals surface area contributed by atoms with Gasteiger partial charge < -0.3 is 5.73 Å². The third-order valence-electron chi connectivity index (χ3n) is 2.80. The van der Waals surface area contributed by atoms with Gasteiger partial charge in [-0.15, -0.1) is 5.10 Å². The van der Waals surface area contributed by atoms with Crippen molar-refractivity contribution >= 4 is 17.3 Å². The van der Waals surface area contributed by atoms with Crippen LogP contribution >= 0.6 is 11.6 Å². The van der Waals surface area contributed by atoms with Crippen molar-refractivity contribution in [2.45, 2.75) is 0 Å². The van der Waals surface area contributed by atoms with Gasteiger partial charge in [-0.1, -0.05) is 11.6 Å². The summed E-state index contributed by atoms with van der Waals surface area (Å²) in [7, 11) is 0. The van der Waals surface area contributed by atoms with E-state index in [0.717, 1.165) is 0 Å². The minimum absolute atomic E-state index is 0.0623. The number of aromatic nitrogens is 4. The molecule has 0 aliphatic heterocycles. The standard InChI is InChI=1S/C13H8ClF2N5/c14-11-6-10(1-2-12(11)16)21-13(18-19-20-21)7-3-8(15)5-9(17)4-7/h1-6H,17H2. The van der Waals surface area contributed by atoms with Gasteiger partial charge in [-0.2, -0.15) is 4.68 Å². The molecule has 0 aliphatic rings. The second-order valence-corrected chi connectivity index (χ2v) is 4.69. The van der Waals surface area contributed by atoms with Gasteiger partial charge in [-0.25, -0.2) is 8.78 Å². The minimum Gasteiger partial charge on any atom is -0.399 e. The van der Waals surface area contributed by atoms with E-state index in [9.17, 15) is 8.78 Å². The highest BCUT2D eigenvalue weighted by Gasteiger charge is 2.13. The fourth-order valence-corrected chi connectivity index (χ4v) is 2.07. The van der Waals surface area contributed by atoms with Crippen LogP contribution in [0.1, 0.15) is 0 Å². The molecule has 1 aromatic heterocycles. The number of anilines is 1. The van der Waals surface area contributed by atoms with E-state index in [4.69, 9.17) is 17.3 Å². The van der Waals surface area contributed by atoms with Gasteiger partial charge in [-0.3, -0.25) is 0 Å². The summed E-state index contributed by atoms with van der Waals surface area (Å²) in [5.41, 5.74) is 6.71. The molecule has 3 aromatic rings. The van der Waals surface area contributed by atoms with E-state index < -0.39 is 11.6 Å². The number of benzene rings is 2. The summed E-state index contributed by atoms with van der Waals surface area (Å²) in [6.45, 7) is 0. The van der Waals surface area contributed by atoms with Gasteiger partial charge in [0.2, 0.25) is 0 Å². The van der Waals surface area contributed by atoms with Crippen molar-refractivity contribution < 1.29 is 8.78 Å². The quantitative estimate of drug-likeness (QED) is 0.739. The van der Waals surface area contributed by atoms with Crippen LogP contribution in [0.25, 0.3) is 17.1 Å². The summed E-state index contributed by atoms with van der Waals surface area (Å²) >= 11 is 5.74. The van der Waals surface area contributed by atoms with Crippen LogP contribution in [0.15, 0.2) is 36.4 Å². The first kappa shape index (κ1) is 13.4. The molecule has 2 aromatic carbocycles. The van der Waals surface area contributed by atoms with Crippen LogP contribution in [0, 0.1) is 11.6 Å². The minimum atomic E-state index is -0.551. The molecule has 0 spiro atoms. The fourth-order valence-electron chi connectivity index (χ4n) is 1.90. The predicted molar refractivity (Wildman–Crippen MR) is 73.9 cm³/mol. The molecular weight excluding hydrogens is 300 g/mol. The van der Waals surface area contributed by atoms with E-state index in [2.05, 4.69) is 15.5 Å². The number of nitrogens with zero attached hydrogens (tertiary/aromatic N) is 4. The highest BCUT2D eigenvalue weighted by atomic mass is 35.5. The van der Waals surface area contributed by atoms with Crippen molar-refractivity contribution in [3.05, 3.63) is 53.1 Å². The SMILES string of the molecule is Nc1cc(F)cc(-c2nnnn2-c2ccc(F)c(Cl)c2)c1. The second kappa shape index (κ2) is 5.10. The Morgan fingerprint density at radius 3 is 2.62 bits per heavy atom. The van der Waals surface area contributed by atoms with Gasteiger partial charge >= 0.3 is 0 Å². The number of hydrogen-bond donors (Lipinski definition) is 1. The molecule has 8 heteroatoms. The van der Waals surface area contributed by atoms with Crippen LogP contribution in [-0.2, 0) is 0 Å². The maximum atomic E-state index is 13.4. The first-order chi connectivity index (χ1) is 10.0. The molecular formula is C13H8ClF2N5. The topological polar surface area (TPSA) is 69.6 Å². The van der Waals surface area contributed by atoms with Crippen molar-refractivity contribution in [3.63, 3.8) is 0 Å². The van der Waals surface area contributed by atoms with Crippen molar-refractivity contribution in [3.8, 4) is 17.1 Å². The molecule has 0 saturated heterocycles. The van der Waals surface area contributed by atoms with Crippen LogP contribution in [0.3, 0.4) is 0 Å². The van der Waals surface area contributed by atoms with Crippen LogP contribution in [-0.4, -0.2) is 20.2 Å². The molecule has 21 heavy (non-hydrogen) atoms. The zero-order chi connectivity index (χ0) is 15.0. The molecule has 2 N–H and O–H groups in total. The maximum absolute atomic E-state index is 13.4. The summed E-state index contributed by atoms with van der Waals surface area (Å²) in [5, 5.41) is 11.1. The lowest BCUT2D eigenvalue weighted by Crippen LogP contribution is -2.01. The van der Waals surface area contributed by atoms with Gasteiger partial charge in [-0.05, 0) is 46.8 Å². The normalized spacial score (nSPS) is 10.8. The van der Waals surface area contributed by atoms with Crippen molar-refractivity contribution in [1.82, 2.24) is 20.2 Å². The Morgan fingerprint density at radius 2 is 1.90 bits per heavy atom. The van der Waals surface area contributed by atoms with Crippen LogP contribution in [0.5, 0.6) is 0 Å². The molecule has 0 aliphatic carbocycles. The zero-order valence-electron chi connectivity index (χ0n) is 10.5. The summed E-state index contributed by atoms with van der Waals surface area (Å²) in [4.78, 5) is 0. The lowest BCUT2D eigenvalue weighted by Gasteiger charge is -2.06. The number of rotatable bonds is 2. The molecule has 3 rings (SSSR count). The van der Waals surface area contributed by atoms with E-state index >= 15 is 0 Å². The number of hydrogen-bond acceptors (Lipinski definition) is 4. The Kier molecular flexibility index (Phi) is 3.26. The first-order valence-electron chi connectivity index (χ1n) is 5.85. The molecule has 0 unspecified atom stereocenters. The Labute approximate surface area is 123 Å². The van der Waals surface area contributed by atoms with Crippen molar-refractivity contribution in [1.29, 1.82) is 0 Å². The van der Waals surface area contributed by atoms with Crippen LogP contribution in [0.2, 0.25) is 5.02 Å². The molecule has 0 atom stereocenters. The molecule has 0 fully saturated rings. The van der Waals surface area contributed by atoms with Crippen molar-refractivity contribution in [2.24, 2.45) is 0 Å². The third-order valence-corrected chi connectivity index (χ3v) is 3.09. The number of halogens is 3. The number of tetrazole rings is 1. The molecule has 0 saturated carbocycles. The second-order valence-electron chi connectivity index (χ2n) is 4.29. The van der Waals surface area contributed by atoms with E-state index in [1.54, 1.807) is 0 Å². The average molecular weight is 308 g/mol. The average Bonchev–Trinajstić information content (AvgIpc) is 2.90. The molecule has 0 bridgehead atoms. The summed E-state index contributed by atoms with van der Waals surface area (Å²) in [5.74, 6) is -0.786. The predicted octanol–water partition coefficient (Wildman–Crippen LogP) is 2.84. The molecule has 0 amide bonds.